The number of anilines is 1. The molecular formula is C24H18ClFN6O4. The van der Waals surface area contributed by atoms with E-state index in [4.69, 9.17) is 11.6 Å². The number of aromatic nitrogens is 4. The molecule has 0 fully saturated rings. The first-order chi connectivity index (χ1) is 17.2. The molecule has 1 aliphatic carbocycles. The van der Waals surface area contributed by atoms with Crippen molar-refractivity contribution in [3.05, 3.63) is 81.5 Å². The smallest absolute Gasteiger partial charge is 0.335 e. The maximum atomic E-state index is 13.4. The minimum Gasteiger partial charge on any atom is -0.478 e. The number of carboxylic acids is 1. The van der Waals surface area contributed by atoms with Gasteiger partial charge in [0.05, 0.1) is 16.6 Å². The van der Waals surface area contributed by atoms with Gasteiger partial charge in [-0.1, -0.05) is 17.7 Å². The molecule has 2 amide bonds. The van der Waals surface area contributed by atoms with Crippen molar-refractivity contribution in [2.45, 2.75) is 18.9 Å². The van der Waals surface area contributed by atoms with Crippen LogP contribution in [-0.2, 0) is 13.5 Å². The summed E-state index contributed by atoms with van der Waals surface area (Å²) in [6.07, 6.45) is 2.45. The van der Waals surface area contributed by atoms with Crippen LogP contribution in [0.15, 0.2) is 42.7 Å². The molecule has 0 bridgehead atoms. The Balaban J connectivity index is 1.41. The van der Waals surface area contributed by atoms with Gasteiger partial charge in [-0.05, 0) is 54.3 Å². The van der Waals surface area contributed by atoms with Crippen molar-refractivity contribution in [3.63, 3.8) is 0 Å². The van der Waals surface area contributed by atoms with Gasteiger partial charge in [-0.3, -0.25) is 14.3 Å². The quantitative estimate of drug-likeness (QED) is 0.375. The van der Waals surface area contributed by atoms with Crippen LogP contribution < -0.4 is 10.6 Å². The van der Waals surface area contributed by atoms with Crippen molar-refractivity contribution in [1.82, 2.24) is 25.1 Å². The van der Waals surface area contributed by atoms with Gasteiger partial charge in [0, 0.05) is 12.6 Å². The van der Waals surface area contributed by atoms with E-state index in [1.807, 2.05) is 0 Å². The normalized spacial score (nSPS) is 14.5. The zero-order valence-electron chi connectivity index (χ0n) is 18.7. The third kappa shape index (κ3) is 4.13. The number of fused-ring (bicyclic) bond motifs is 2. The van der Waals surface area contributed by atoms with Crippen molar-refractivity contribution in [2.24, 2.45) is 7.05 Å². The molecule has 0 saturated heterocycles. The highest BCUT2D eigenvalue weighted by Crippen LogP contribution is 2.32. The highest BCUT2D eigenvalue weighted by atomic mass is 35.5. The number of hydrogen-bond acceptors (Lipinski definition) is 6. The molecular weight excluding hydrogens is 491 g/mol. The third-order valence-electron chi connectivity index (χ3n) is 6.02. The highest BCUT2D eigenvalue weighted by Gasteiger charge is 2.28. The summed E-state index contributed by atoms with van der Waals surface area (Å²) in [5.41, 5.74) is 2.67. The topological polar surface area (TPSA) is 139 Å². The average molecular weight is 509 g/mol. The van der Waals surface area contributed by atoms with E-state index in [1.54, 1.807) is 19.2 Å². The van der Waals surface area contributed by atoms with E-state index in [-0.39, 0.29) is 39.2 Å². The lowest BCUT2D eigenvalue weighted by Crippen LogP contribution is -2.28. The molecule has 4 aromatic rings. The Morgan fingerprint density at radius 2 is 1.89 bits per heavy atom. The minimum atomic E-state index is -1.00. The number of aryl methyl sites for hydroxylation is 2. The number of carbonyl (C=O) groups excluding carboxylic acids is 2. The Morgan fingerprint density at radius 1 is 1.11 bits per heavy atom. The van der Waals surface area contributed by atoms with Gasteiger partial charge >= 0.3 is 5.97 Å². The molecule has 0 aliphatic heterocycles. The van der Waals surface area contributed by atoms with Crippen molar-refractivity contribution < 1.29 is 23.9 Å². The van der Waals surface area contributed by atoms with E-state index in [0.29, 0.717) is 18.4 Å². The van der Waals surface area contributed by atoms with Crippen molar-refractivity contribution in [2.75, 3.05) is 5.32 Å². The molecule has 2 aromatic heterocycles. The SMILES string of the molecule is Cn1nc(NC(=O)c2ccc(F)c(Cl)c2)c2ncnc(C(=O)N[C@H]3CCc4cc(C(=O)O)ccc43)c21. The summed E-state index contributed by atoms with van der Waals surface area (Å²) in [6.45, 7) is 0. The van der Waals surface area contributed by atoms with Crippen LogP contribution >= 0.6 is 11.6 Å². The van der Waals surface area contributed by atoms with Gasteiger partial charge in [0.25, 0.3) is 11.8 Å². The first-order valence-corrected chi connectivity index (χ1v) is 11.2. The third-order valence-corrected chi connectivity index (χ3v) is 6.31. The van der Waals surface area contributed by atoms with E-state index in [0.717, 1.165) is 17.2 Å². The molecule has 0 radical (unpaired) electrons. The lowest BCUT2D eigenvalue weighted by Gasteiger charge is -2.14. The largest absolute Gasteiger partial charge is 0.478 e. The van der Waals surface area contributed by atoms with E-state index < -0.39 is 23.6 Å². The van der Waals surface area contributed by atoms with E-state index in [2.05, 4.69) is 25.7 Å². The molecule has 36 heavy (non-hydrogen) atoms. The van der Waals surface area contributed by atoms with E-state index >= 15 is 0 Å². The number of carboxylic acid groups (broad SMARTS) is 1. The van der Waals surface area contributed by atoms with Crippen LogP contribution in [0, 0.1) is 5.82 Å². The molecule has 2 aromatic carbocycles. The van der Waals surface area contributed by atoms with Crippen LogP contribution in [0.1, 0.15) is 54.8 Å². The number of halogens is 2. The maximum absolute atomic E-state index is 13.4. The maximum Gasteiger partial charge on any atom is 0.335 e. The van der Waals surface area contributed by atoms with Crippen molar-refractivity contribution in [3.8, 4) is 0 Å². The summed E-state index contributed by atoms with van der Waals surface area (Å²) in [7, 11) is 1.59. The number of nitrogens with one attached hydrogen (secondary N) is 2. The molecule has 0 spiro atoms. The summed E-state index contributed by atoms with van der Waals surface area (Å²) < 4.78 is 14.8. The molecule has 5 rings (SSSR count). The molecule has 0 saturated carbocycles. The van der Waals surface area contributed by atoms with Gasteiger partial charge in [-0.25, -0.2) is 19.2 Å². The van der Waals surface area contributed by atoms with Crippen LogP contribution in [0.25, 0.3) is 11.0 Å². The fourth-order valence-corrected chi connectivity index (χ4v) is 4.48. The van der Waals surface area contributed by atoms with Crippen molar-refractivity contribution >= 4 is 46.2 Å². The second kappa shape index (κ2) is 9.00. The molecule has 1 atom stereocenters. The lowest BCUT2D eigenvalue weighted by atomic mass is 10.0. The molecule has 12 heteroatoms. The number of amides is 2. The van der Waals surface area contributed by atoms with Gasteiger partial charge in [-0.15, -0.1) is 0 Å². The predicted molar refractivity (Wildman–Crippen MR) is 128 cm³/mol. The number of rotatable bonds is 5. The monoisotopic (exact) mass is 508 g/mol. The second-order valence-corrected chi connectivity index (χ2v) is 8.67. The summed E-state index contributed by atoms with van der Waals surface area (Å²) >= 11 is 5.77. The predicted octanol–water partition coefficient (Wildman–Crippen LogP) is 3.52. The Bertz CT molecular complexity index is 1570. The first kappa shape index (κ1) is 23.4. The Labute approximate surface area is 208 Å². The Morgan fingerprint density at radius 3 is 2.64 bits per heavy atom. The van der Waals surface area contributed by atoms with Crippen LogP contribution in [0.2, 0.25) is 5.02 Å². The van der Waals surface area contributed by atoms with Gasteiger partial charge in [0.15, 0.2) is 11.5 Å². The summed E-state index contributed by atoms with van der Waals surface area (Å²) in [4.78, 5) is 45.4. The number of nitrogens with zero attached hydrogens (tertiary/aromatic N) is 4. The molecule has 10 nitrogen and oxygen atoms in total. The first-order valence-electron chi connectivity index (χ1n) is 10.8. The summed E-state index contributed by atoms with van der Waals surface area (Å²) in [6, 6.07) is 8.11. The molecule has 3 N–H and O–H groups in total. The standard InChI is InChI=1S/C24H18ClFN6O4/c1-32-20-18(21(31-32)30-22(33)12-3-6-16(26)15(25)9-12)27-10-28-19(20)23(34)29-17-7-4-11-8-13(24(35)36)2-5-14(11)17/h2-3,5-6,8-10,17H,4,7H2,1H3,(H,29,34)(H,35,36)(H,30,31,33)/t17-/m0/s1. The fourth-order valence-electron chi connectivity index (χ4n) is 4.30. The van der Waals surface area contributed by atoms with Crippen LogP contribution in [-0.4, -0.2) is 42.6 Å². The highest BCUT2D eigenvalue weighted by molar-refractivity contribution is 6.31. The zero-order chi connectivity index (χ0) is 25.6. The molecule has 182 valence electrons. The Hall–Kier alpha value is -4.38. The number of benzene rings is 2. The molecule has 1 aliphatic rings. The number of hydrogen-bond donors (Lipinski definition) is 3. The van der Waals surface area contributed by atoms with Gasteiger partial charge in [0.1, 0.15) is 23.2 Å². The zero-order valence-corrected chi connectivity index (χ0v) is 19.5. The van der Waals surface area contributed by atoms with E-state index in [1.165, 1.54) is 29.2 Å². The lowest BCUT2D eigenvalue weighted by molar-refractivity contribution is 0.0696. The second-order valence-electron chi connectivity index (χ2n) is 8.26. The fraction of sp³-hybridized carbons (Fsp3) is 0.167. The van der Waals surface area contributed by atoms with Gasteiger partial charge in [-0.2, -0.15) is 5.10 Å². The van der Waals surface area contributed by atoms with Crippen molar-refractivity contribution in [1.29, 1.82) is 0 Å². The van der Waals surface area contributed by atoms with Crippen LogP contribution in [0.4, 0.5) is 10.2 Å². The van der Waals surface area contributed by atoms with Gasteiger partial charge in [0.2, 0.25) is 0 Å². The van der Waals surface area contributed by atoms with E-state index in [9.17, 15) is 23.9 Å². The summed E-state index contributed by atoms with van der Waals surface area (Å²) in [5.74, 6) is -2.59. The molecule has 0 unspecified atom stereocenters. The number of aromatic carboxylic acids is 1. The van der Waals surface area contributed by atoms with Gasteiger partial charge < -0.3 is 15.7 Å². The minimum absolute atomic E-state index is 0.0657. The van der Waals surface area contributed by atoms with Crippen LogP contribution in [0.3, 0.4) is 0 Å². The van der Waals surface area contributed by atoms with Crippen LogP contribution in [0.5, 0.6) is 0 Å². The Kier molecular flexibility index (Phi) is 5.84. The number of carbonyl (C=O) groups is 3. The summed E-state index contributed by atoms with van der Waals surface area (Å²) in [5, 5.41) is 18.9. The molecule has 2 heterocycles. The average Bonchev–Trinajstić information content (AvgIpc) is 3.40.